The third kappa shape index (κ3) is 3.44. The van der Waals surface area contributed by atoms with Gasteiger partial charge in [-0.15, -0.1) is 0 Å². The third-order valence-electron chi connectivity index (χ3n) is 4.59. The molecule has 1 fully saturated rings. The van der Waals surface area contributed by atoms with Crippen LogP contribution >= 0.6 is 0 Å². The van der Waals surface area contributed by atoms with Gasteiger partial charge in [0.05, 0.1) is 37.0 Å². The summed E-state index contributed by atoms with van der Waals surface area (Å²) in [6.07, 6.45) is 10.7. The van der Waals surface area contributed by atoms with Crippen molar-refractivity contribution in [3.8, 4) is 0 Å². The molecule has 1 N–H and O–H groups in total. The molecule has 8 heteroatoms. The lowest BCUT2D eigenvalue weighted by Gasteiger charge is -2.17. The molecule has 0 saturated carbocycles. The van der Waals surface area contributed by atoms with Gasteiger partial charge in [0.1, 0.15) is 0 Å². The topological polar surface area (TPSA) is 89.1 Å². The van der Waals surface area contributed by atoms with E-state index in [2.05, 4.69) is 20.3 Å². The fourth-order valence-electron chi connectivity index (χ4n) is 3.30. The van der Waals surface area contributed by atoms with E-state index in [1.165, 1.54) is 0 Å². The van der Waals surface area contributed by atoms with Gasteiger partial charge in [0.25, 0.3) is 0 Å². The number of furan rings is 1. The van der Waals surface area contributed by atoms with Crippen molar-refractivity contribution in [2.75, 3.05) is 18.4 Å². The first-order valence-electron chi connectivity index (χ1n) is 8.49. The molecule has 1 saturated heterocycles. The summed E-state index contributed by atoms with van der Waals surface area (Å²) in [6, 6.07) is 3.59. The highest BCUT2D eigenvalue weighted by Crippen LogP contribution is 2.29. The normalized spacial score (nSPS) is 19.7. The number of hydrogen-bond donors (Lipinski definition) is 1. The molecule has 26 heavy (non-hydrogen) atoms. The molecule has 4 rings (SSSR count). The Morgan fingerprint density at radius 3 is 2.85 bits per heavy atom. The maximum Gasteiger partial charge on any atom is 0.227 e. The molecule has 1 aliphatic rings. The van der Waals surface area contributed by atoms with Crippen LogP contribution in [0, 0.1) is 0 Å². The summed E-state index contributed by atoms with van der Waals surface area (Å²) in [5.74, 6) is 0.710. The molecule has 0 bridgehead atoms. The molecular weight excluding hydrogens is 332 g/mol. The van der Waals surface area contributed by atoms with E-state index in [4.69, 9.17) is 4.42 Å². The van der Waals surface area contributed by atoms with Crippen LogP contribution in [-0.4, -0.2) is 49.5 Å². The Hall–Kier alpha value is -3.16. The highest BCUT2D eigenvalue weighted by atomic mass is 16.3. The number of imidazole rings is 1. The minimum Gasteiger partial charge on any atom is -0.472 e. The summed E-state index contributed by atoms with van der Waals surface area (Å²) >= 11 is 0. The van der Waals surface area contributed by atoms with Crippen LogP contribution in [0.25, 0.3) is 0 Å². The lowest BCUT2D eigenvalue weighted by atomic mass is 10.0. The SMILES string of the molecule is Cn1cnc([C@@H]2CN(C(=O)Cc3ccoc3)C[C@H]2Nc2ncccn2)c1. The van der Waals surface area contributed by atoms with Crippen molar-refractivity contribution in [2.45, 2.75) is 18.4 Å². The van der Waals surface area contributed by atoms with E-state index in [0.29, 0.717) is 25.5 Å². The first kappa shape index (κ1) is 16.3. The summed E-state index contributed by atoms with van der Waals surface area (Å²) in [7, 11) is 1.94. The van der Waals surface area contributed by atoms with Crippen LogP contribution < -0.4 is 5.32 Å². The fraction of sp³-hybridized carbons (Fsp3) is 0.333. The quantitative estimate of drug-likeness (QED) is 0.748. The van der Waals surface area contributed by atoms with Crippen LogP contribution in [0.5, 0.6) is 0 Å². The molecular formula is C18H20N6O2. The predicted molar refractivity (Wildman–Crippen MR) is 94.4 cm³/mol. The lowest BCUT2D eigenvalue weighted by Crippen LogP contribution is -2.33. The van der Waals surface area contributed by atoms with E-state index in [0.717, 1.165) is 11.3 Å². The van der Waals surface area contributed by atoms with Crippen LogP contribution in [0.4, 0.5) is 5.95 Å². The van der Waals surface area contributed by atoms with E-state index >= 15 is 0 Å². The summed E-state index contributed by atoms with van der Waals surface area (Å²) < 4.78 is 6.98. The minimum absolute atomic E-state index is 0.000555. The van der Waals surface area contributed by atoms with Gasteiger partial charge in [-0.1, -0.05) is 0 Å². The number of hydrogen-bond acceptors (Lipinski definition) is 6. The monoisotopic (exact) mass is 352 g/mol. The number of nitrogens with one attached hydrogen (secondary N) is 1. The Morgan fingerprint density at radius 1 is 1.31 bits per heavy atom. The Bertz CT molecular complexity index is 861. The second kappa shape index (κ2) is 6.99. The van der Waals surface area contributed by atoms with E-state index < -0.39 is 0 Å². The second-order valence-corrected chi connectivity index (χ2v) is 6.50. The number of carbonyl (C=O) groups is 1. The average molecular weight is 352 g/mol. The molecule has 0 spiro atoms. The number of nitrogens with zero attached hydrogens (tertiary/aromatic N) is 5. The first-order chi connectivity index (χ1) is 12.7. The van der Waals surface area contributed by atoms with Crippen LogP contribution in [0.3, 0.4) is 0 Å². The molecule has 1 amide bonds. The zero-order valence-electron chi connectivity index (χ0n) is 14.4. The molecule has 0 unspecified atom stereocenters. The number of aryl methyl sites for hydroxylation is 1. The molecule has 0 aromatic carbocycles. The van der Waals surface area contributed by atoms with Crippen LogP contribution in [-0.2, 0) is 18.3 Å². The molecule has 8 nitrogen and oxygen atoms in total. The zero-order chi connectivity index (χ0) is 17.9. The Labute approximate surface area is 150 Å². The molecule has 134 valence electrons. The Morgan fingerprint density at radius 2 is 2.15 bits per heavy atom. The van der Waals surface area contributed by atoms with Crippen LogP contribution in [0.2, 0.25) is 0 Å². The van der Waals surface area contributed by atoms with Gasteiger partial charge in [-0.05, 0) is 17.7 Å². The van der Waals surface area contributed by atoms with Crippen molar-refractivity contribution in [3.05, 3.63) is 60.8 Å². The molecule has 3 aromatic heterocycles. The summed E-state index contributed by atoms with van der Waals surface area (Å²) in [4.78, 5) is 27.5. The molecule has 3 aromatic rings. The van der Waals surface area contributed by atoms with E-state index in [9.17, 15) is 4.79 Å². The Balaban J connectivity index is 1.52. The maximum atomic E-state index is 12.7. The highest BCUT2D eigenvalue weighted by molar-refractivity contribution is 5.79. The lowest BCUT2D eigenvalue weighted by molar-refractivity contribution is -0.129. The van der Waals surface area contributed by atoms with E-state index in [1.807, 2.05) is 28.8 Å². The van der Waals surface area contributed by atoms with Crippen molar-refractivity contribution in [2.24, 2.45) is 7.05 Å². The van der Waals surface area contributed by atoms with Crippen LogP contribution in [0.1, 0.15) is 17.2 Å². The van der Waals surface area contributed by atoms with Crippen molar-refractivity contribution in [1.82, 2.24) is 24.4 Å². The van der Waals surface area contributed by atoms with Crippen molar-refractivity contribution in [1.29, 1.82) is 0 Å². The van der Waals surface area contributed by atoms with Gasteiger partial charge < -0.3 is 19.2 Å². The molecule has 0 aliphatic carbocycles. The Kier molecular flexibility index (Phi) is 4.39. The molecule has 4 heterocycles. The standard InChI is InChI=1S/C18H20N6O2/c1-23-9-15(21-12-23)14-8-24(17(25)7-13-3-6-26-11-13)10-16(14)22-18-19-4-2-5-20-18/h2-6,9,11-12,14,16H,7-8,10H2,1H3,(H,19,20,22)/t14-,16+/m0/s1. The van der Waals surface area contributed by atoms with Crippen LogP contribution in [0.15, 0.2) is 54.0 Å². The second-order valence-electron chi connectivity index (χ2n) is 6.50. The number of carbonyl (C=O) groups excluding carboxylic acids is 1. The summed E-state index contributed by atoms with van der Waals surface area (Å²) in [5, 5.41) is 3.36. The van der Waals surface area contributed by atoms with E-state index in [1.54, 1.807) is 37.3 Å². The number of anilines is 1. The van der Waals surface area contributed by atoms with Gasteiger partial charge in [-0.2, -0.15) is 0 Å². The summed E-state index contributed by atoms with van der Waals surface area (Å²) in [5.41, 5.74) is 1.84. The largest absolute Gasteiger partial charge is 0.472 e. The predicted octanol–water partition coefficient (Wildman–Crippen LogP) is 1.45. The van der Waals surface area contributed by atoms with Crippen molar-refractivity contribution >= 4 is 11.9 Å². The molecule has 1 aliphatic heterocycles. The fourth-order valence-corrected chi connectivity index (χ4v) is 3.30. The molecule has 0 radical (unpaired) electrons. The van der Waals surface area contributed by atoms with Gasteiger partial charge in [-0.25, -0.2) is 15.0 Å². The number of amides is 1. The number of aromatic nitrogens is 4. The average Bonchev–Trinajstić information content (AvgIpc) is 3.37. The molecule has 2 atom stereocenters. The maximum absolute atomic E-state index is 12.7. The van der Waals surface area contributed by atoms with Crippen molar-refractivity contribution < 1.29 is 9.21 Å². The van der Waals surface area contributed by atoms with E-state index in [-0.39, 0.29) is 17.9 Å². The zero-order valence-corrected chi connectivity index (χ0v) is 14.4. The van der Waals surface area contributed by atoms with Gasteiger partial charge >= 0.3 is 0 Å². The summed E-state index contributed by atoms with van der Waals surface area (Å²) in [6.45, 7) is 1.19. The first-order valence-corrected chi connectivity index (χ1v) is 8.49. The highest BCUT2D eigenvalue weighted by Gasteiger charge is 2.37. The van der Waals surface area contributed by atoms with Gasteiger partial charge in [0, 0.05) is 44.6 Å². The van der Waals surface area contributed by atoms with Gasteiger partial charge in [-0.3, -0.25) is 4.79 Å². The number of rotatable bonds is 5. The van der Waals surface area contributed by atoms with Gasteiger partial charge in [0.15, 0.2) is 0 Å². The minimum atomic E-state index is 0.000555. The number of likely N-dealkylation sites (tertiary alicyclic amines) is 1. The third-order valence-corrected chi connectivity index (χ3v) is 4.59. The van der Waals surface area contributed by atoms with Gasteiger partial charge in [0.2, 0.25) is 11.9 Å². The smallest absolute Gasteiger partial charge is 0.227 e. The van der Waals surface area contributed by atoms with Crippen molar-refractivity contribution in [3.63, 3.8) is 0 Å².